The van der Waals surface area contributed by atoms with E-state index in [-0.39, 0.29) is 18.5 Å². The summed E-state index contributed by atoms with van der Waals surface area (Å²) in [5, 5.41) is 12.2. The third-order valence-electron chi connectivity index (χ3n) is 4.11. The zero-order valence-electron chi connectivity index (χ0n) is 13.0. The summed E-state index contributed by atoms with van der Waals surface area (Å²) in [5.74, 6) is -0.145. The molecule has 1 heterocycles. The molecule has 1 saturated heterocycles. The summed E-state index contributed by atoms with van der Waals surface area (Å²) in [6.07, 6.45) is 0. The number of nitrogens with zero attached hydrogens (tertiary/aromatic N) is 2. The second kappa shape index (κ2) is 7.73. The van der Waals surface area contributed by atoms with Gasteiger partial charge in [-0.25, -0.2) is 4.39 Å². The molecule has 1 fully saturated rings. The Balaban J connectivity index is 2.01. The molecule has 0 amide bonds. The van der Waals surface area contributed by atoms with Gasteiger partial charge in [0.15, 0.2) is 0 Å². The van der Waals surface area contributed by atoms with Gasteiger partial charge in [-0.3, -0.25) is 4.90 Å². The van der Waals surface area contributed by atoms with Crippen molar-refractivity contribution in [1.29, 1.82) is 0 Å². The normalized spacial score (nSPS) is 18.0. The van der Waals surface area contributed by atoms with Crippen LogP contribution < -0.4 is 10.2 Å². The first kappa shape index (κ1) is 16.2. The summed E-state index contributed by atoms with van der Waals surface area (Å²) in [6, 6.07) is 5.70. The number of β-amino-alcohol motifs (C(OH)–C–C–N with tert-alkyl or cyclic N) is 1. The number of aliphatic hydroxyl groups is 1. The molecular weight excluding hydrogens is 269 g/mol. The molecule has 1 aliphatic rings. The lowest BCUT2D eigenvalue weighted by atomic mass is 10.1. The van der Waals surface area contributed by atoms with Gasteiger partial charge in [-0.1, -0.05) is 13.0 Å². The number of anilines is 1. The lowest BCUT2D eigenvalue weighted by molar-refractivity contribution is 0.188. The van der Waals surface area contributed by atoms with Crippen LogP contribution >= 0.6 is 0 Å². The van der Waals surface area contributed by atoms with Crippen LogP contribution in [-0.2, 0) is 0 Å². The maximum absolute atomic E-state index is 14.4. The molecule has 118 valence electrons. The molecule has 1 aromatic rings. The Morgan fingerprint density at radius 3 is 2.57 bits per heavy atom. The van der Waals surface area contributed by atoms with Gasteiger partial charge in [0.2, 0.25) is 0 Å². The first-order valence-corrected chi connectivity index (χ1v) is 7.76. The molecule has 5 heteroatoms. The van der Waals surface area contributed by atoms with Gasteiger partial charge in [0.25, 0.3) is 0 Å². The minimum Gasteiger partial charge on any atom is -0.395 e. The Hall–Kier alpha value is -1.17. The minimum absolute atomic E-state index is 0.145. The van der Waals surface area contributed by atoms with E-state index in [4.69, 9.17) is 5.11 Å². The third-order valence-corrected chi connectivity index (χ3v) is 4.11. The van der Waals surface area contributed by atoms with Gasteiger partial charge in [-0.15, -0.1) is 0 Å². The van der Waals surface area contributed by atoms with Crippen molar-refractivity contribution in [2.24, 2.45) is 0 Å². The lowest BCUT2D eigenvalue weighted by Gasteiger charge is -2.36. The fourth-order valence-electron chi connectivity index (χ4n) is 2.83. The zero-order chi connectivity index (χ0) is 15.2. The highest BCUT2D eigenvalue weighted by molar-refractivity contribution is 5.50. The van der Waals surface area contributed by atoms with Crippen LogP contribution in [0.5, 0.6) is 0 Å². The van der Waals surface area contributed by atoms with Crippen molar-refractivity contribution in [3.8, 4) is 0 Å². The molecule has 0 bridgehead atoms. The molecular formula is C16H26FN3O. The second-order valence-electron chi connectivity index (χ2n) is 5.54. The number of halogens is 1. The summed E-state index contributed by atoms with van der Waals surface area (Å²) in [5.41, 5.74) is 1.67. The van der Waals surface area contributed by atoms with E-state index in [0.29, 0.717) is 12.2 Å². The van der Waals surface area contributed by atoms with Gasteiger partial charge >= 0.3 is 0 Å². The minimum atomic E-state index is -0.145. The summed E-state index contributed by atoms with van der Waals surface area (Å²) in [4.78, 5) is 4.29. The molecule has 0 saturated carbocycles. The molecule has 1 aliphatic heterocycles. The van der Waals surface area contributed by atoms with E-state index in [1.165, 1.54) is 0 Å². The number of hydrogen-bond donors (Lipinski definition) is 2. The molecule has 0 aromatic heterocycles. The highest BCUT2D eigenvalue weighted by Gasteiger charge is 2.19. The molecule has 2 rings (SSSR count). The van der Waals surface area contributed by atoms with Crippen molar-refractivity contribution in [1.82, 2.24) is 10.2 Å². The second-order valence-corrected chi connectivity index (χ2v) is 5.54. The molecule has 0 spiro atoms. The van der Waals surface area contributed by atoms with Gasteiger partial charge in [0, 0.05) is 38.8 Å². The van der Waals surface area contributed by atoms with Crippen molar-refractivity contribution in [2.75, 3.05) is 50.8 Å². The van der Waals surface area contributed by atoms with Crippen molar-refractivity contribution < 1.29 is 9.50 Å². The monoisotopic (exact) mass is 295 g/mol. The topological polar surface area (TPSA) is 38.7 Å². The van der Waals surface area contributed by atoms with E-state index in [1.807, 2.05) is 26.0 Å². The van der Waals surface area contributed by atoms with E-state index in [0.717, 1.165) is 38.3 Å². The van der Waals surface area contributed by atoms with Crippen LogP contribution in [0.4, 0.5) is 10.1 Å². The molecule has 1 atom stereocenters. The summed E-state index contributed by atoms with van der Waals surface area (Å²) >= 11 is 0. The Kier molecular flexibility index (Phi) is 5.96. The Bertz CT molecular complexity index is 447. The zero-order valence-corrected chi connectivity index (χ0v) is 13.0. The number of aliphatic hydroxyl groups excluding tert-OH is 1. The van der Waals surface area contributed by atoms with Gasteiger partial charge in [-0.05, 0) is 31.2 Å². The number of benzene rings is 1. The molecule has 1 unspecified atom stereocenters. The van der Waals surface area contributed by atoms with Crippen LogP contribution in [0, 0.1) is 5.82 Å². The number of hydrogen-bond acceptors (Lipinski definition) is 4. The molecule has 21 heavy (non-hydrogen) atoms. The Morgan fingerprint density at radius 2 is 2.00 bits per heavy atom. The van der Waals surface area contributed by atoms with E-state index in [2.05, 4.69) is 15.1 Å². The quantitative estimate of drug-likeness (QED) is 0.836. The highest BCUT2D eigenvalue weighted by Crippen LogP contribution is 2.24. The molecule has 0 aliphatic carbocycles. The molecule has 0 radical (unpaired) electrons. The van der Waals surface area contributed by atoms with E-state index in [1.54, 1.807) is 6.07 Å². The molecule has 1 aromatic carbocycles. The Morgan fingerprint density at radius 1 is 1.29 bits per heavy atom. The van der Waals surface area contributed by atoms with Crippen LogP contribution in [0.2, 0.25) is 0 Å². The van der Waals surface area contributed by atoms with Crippen LogP contribution in [0.25, 0.3) is 0 Å². The average Bonchev–Trinajstić information content (AvgIpc) is 2.49. The van der Waals surface area contributed by atoms with E-state index >= 15 is 0 Å². The van der Waals surface area contributed by atoms with Crippen LogP contribution in [0.3, 0.4) is 0 Å². The molecule has 2 N–H and O–H groups in total. The summed E-state index contributed by atoms with van der Waals surface area (Å²) in [6.45, 7) is 9.21. The fraction of sp³-hybridized carbons (Fsp3) is 0.625. The summed E-state index contributed by atoms with van der Waals surface area (Å²) < 4.78 is 14.4. The predicted octanol–water partition coefficient (Wildman–Crippen LogP) is 1.61. The largest absolute Gasteiger partial charge is 0.395 e. The molecule has 4 nitrogen and oxygen atoms in total. The van der Waals surface area contributed by atoms with Gasteiger partial charge < -0.3 is 15.3 Å². The van der Waals surface area contributed by atoms with Gasteiger partial charge in [0.05, 0.1) is 12.3 Å². The lowest BCUT2D eigenvalue weighted by Crippen LogP contribution is -2.47. The fourth-order valence-corrected chi connectivity index (χ4v) is 2.83. The predicted molar refractivity (Wildman–Crippen MR) is 84.2 cm³/mol. The maximum atomic E-state index is 14.4. The standard InChI is InChI=1S/C16H26FN3O/c1-3-18-13(2)14-4-5-16(15(17)12-14)20-8-6-19(7-9-20)10-11-21/h4-5,12-13,18,21H,3,6-11H2,1-2H3. The van der Waals surface area contributed by atoms with Gasteiger partial charge in [-0.2, -0.15) is 0 Å². The highest BCUT2D eigenvalue weighted by atomic mass is 19.1. The van der Waals surface area contributed by atoms with Crippen LogP contribution in [0.15, 0.2) is 18.2 Å². The third kappa shape index (κ3) is 4.15. The van der Waals surface area contributed by atoms with E-state index in [9.17, 15) is 4.39 Å². The first-order chi connectivity index (χ1) is 10.2. The maximum Gasteiger partial charge on any atom is 0.146 e. The number of nitrogens with one attached hydrogen (secondary N) is 1. The average molecular weight is 295 g/mol. The van der Waals surface area contributed by atoms with Gasteiger partial charge in [0.1, 0.15) is 5.82 Å². The smallest absolute Gasteiger partial charge is 0.146 e. The first-order valence-electron chi connectivity index (χ1n) is 7.76. The van der Waals surface area contributed by atoms with Crippen LogP contribution in [0.1, 0.15) is 25.5 Å². The number of piperazine rings is 1. The SMILES string of the molecule is CCNC(C)c1ccc(N2CCN(CCO)CC2)c(F)c1. The van der Waals surface area contributed by atoms with E-state index < -0.39 is 0 Å². The van der Waals surface area contributed by atoms with Crippen molar-refractivity contribution in [3.63, 3.8) is 0 Å². The van der Waals surface area contributed by atoms with Crippen LogP contribution in [-0.4, -0.2) is 55.9 Å². The van der Waals surface area contributed by atoms with Crippen molar-refractivity contribution in [2.45, 2.75) is 19.9 Å². The van der Waals surface area contributed by atoms with Crippen molar-refractivity contribution in [3.05, 3.63) is 29.6 Å². The number of rotatable bonds is 6. The Labute approximate surface area is 126 Å². The van der Waals surface area contributed by atoms with Crippen molar-refractivity contribution >= 4 is 5.69 Å². The summed E-state index contributed by atoms with van der Waals surface area (Å²) in [7, 11) is 0.